The fourth-order valence-corrected chi connectivity index (χ4v) is 0.866. The van der Waals surface area contributed by atoms with Gasteiger partial charge in [0.05, 0.1) is 25.7 Å². The molecule has 2 rings (SSSR count). The van der Waals surface area contributed by atoms with E-state index in [1.807, 2.05) is 0 Å². The van der Waals surface area contributed by atoms with Gasteiger partial charge in [-0.25, -0.2) is 0 Å². The first-order valence-corrected chi connectivity index (χ1v) is 4.05. The van der Waals surface area contributed by atoms with Crippen LogP contribution in [0.25, 0.3) is 0 Å². The zero-order chi connectivity index (χ0) is 10.6. The Morgan fingerprint density at radius 1 is 0.600 bits per heavy atom. The van der Waals surface area contributed by atoms with Gasteiger partial charge in [0.2, 0.25) is 0 Å². The molecule has 15 heavy (non-hydrogen) atoms. The van der Waals surface area contributed by atoms with Crippen molar-refractivity contribution >= 4 is 23.9 Å². The summed E-state index contributed by atoms with van der Waals surface area (Å²) in [6, 6.07) is 0. The van der Waals surface area contributed by atoms with Gasteiger partial charge in [0.15, 0.2) is 0 Å². The van der Waals surface area contributed by atoms with Crippen LogP contribution in [0.1, 0.15) is 25.7 Å². The molecule has 2 heterocycles. The molecule has 7 heteroatoms. The number of cyclic esters (lactones) is 4. The van der Waals surface area contributed by atoms with Crippen molar-refractivity contribution in [3.8, 4) is 0 Å². The molecule has 6 nitrogen and oxygen atoms in total. The Hall–Kier alpha value is -0.460. The molecule has 0 radical (unpaired) electrons. The number of ether oxygens (including phenoxy) is 2. The monoisotopic (exact) mass is 240 g/mol. The van der Waals surface area contributed by atoms with Crippen molar-refractivity contribution < 1.29 is 66.4 Å². The maximum Gasteiger partial charge on any atom is 0.314 e. The summed E-state index contributed by atoms with van der Waals surface area (Å²) in [6.07, 6.45) is 1.05. The third kappa shape index (κ3) is 5.86. The Balaban J connectivity index is 0.000000245. The molecule has 0 atom stereocenters. The van der Waals surface area contributed by atoms with Crippen LogP contribution in [0.4, 0.5) is 0 Å². The van der Waals surface area contributed by atoms with Crippen LogP contribution in [0.5, 0.6) is 0 Å². The fraction of sp³-hybridized carbons (Fsp3) is 0.500. The molecule has 0 aromatic carbocycles. The summed E-state index contributed by atoms with van der Waals surface area (Å²) >= 11 is 0. The van der Waals surface area contributed by atoms with Crippen molar-refractivity contribution in [2.75, 3.05) is 0 Å². The summed E-state index contributed by atoms with van der Waals surface area (Å²) < 4.78 is 8.17. The van der Waals surface area contributed by atoms with E-state index in [0.29, 0.717) is 0 Å². The molecule has 0 unspecified atom stereocenters. The molecule has 0 aromatic rings. The Morgan fingerprint density at radius 3 is 0.867 bits per heavy atom. The average Bonchev–Trinajstić information content (AvgIpc) is 2.63. The fourth-order valence-electron chi connectivity index (χ4n) is 0.866. The molecule has 2 fully saturated rings. The number of carbonyl (C=O) groups is 4. The largest absolute Gasteiger partial charge is 0.393 e. The third-order valence-corrected chi connectivity index (χ3v) is 1.52. The molecule has 2 aliphatic rings. The number of hydrogen-bond acceptors (Lipinski definition) is 6. The van der Waals surface area contributed by atoms with Gasteiger partial charge in [0.25, 0.3) is 0 Å². The number of esters is 4. The molecule has 84 valence electrons. The summed E-state index contributed by atoms with van der Waals surface area (Å²) in [5.74, 6) is -1.59. The molecule has 0 N–H and O–H groups in total. The Kier molecular flexibility index (Phi) is 6.71. The first-order chi connectivity index (χ1) is 6.58. The quantitative estimate of drug-likeness (QED) is 0.426. The van der Waals surface area contributed by atoms with Crippen molar-refractivity contribution in [1.82, 2.24) is 0 Å². The van der Waals surface area contributed by atoms with Crippen molar-refractivity contribution in [2.24, 2.45) is 0 Å². The number of hydrogen-bond donors (Lipinski definition) is 0. The predicted molar refractivity (Wildman–Crippen MR) is 40.7 cm³/mol. The number of carbonyl (C=O) groups excluding carboxylic acids is 4. The van der Waals surface area contributed by atoms with Crippen LogP contribution in [0.2, 0.25) is 0 Å². The first-order valence-electron chi connectivity index (χ1n) is 4.05. The standard InChI is InChI=1S/2C4H4O3.Ar/c2*5-3-1-2-4(6)7-3;/h2*1-2H2;. The maximum absolute atomic E-state index is 10.0. The van der Waals surface area contributed by atoms with Gasteiger partial charge in [-0.1, -0.05) is 0 Å². The topological polar surface area (TPSA) is 86.7 Å². The molecule has 2 saturated heterocycles. The molecular weight excluding hydrogens is 232 g/mol. The zero-order valence-electron chi connectivity index (χ0n) is 7.63. The van der Waals surface area contributed by atoms with Crippen LogP contribution in [0.15, 0.2) is 0 Å². The summed E-state index contributed by atoms with van der Waals surface area (Å²) in [7, 11) is 0. The minimum absolute atomic E-state index is 0. The second kappa shape index (κ2) is 6.92. The van der Waals surface area contributed by atoms with Crippen LogP contribution >= 0.6 is 0 Å². The van der Waals surface area contributed by atoms with Crippen molar-refractivity contribution in [2.45, 2.75) is 25.7 Å². The van der Waals surface area contributed by atoms with Crippen molar-refractivity contribution in [1.29, 1.82) is 0 Å². The Labute approximate surface area is 115 Å². The summed E-state index contributed by atoms with van der Waals surface area (Å²) in [4.78, 5) is 40.0. The minimum Gasteiger partial charge on any atom is -0.393 e. The molecular formula is C8H8ArO6. The van der Waals surface area contributed by atoms with Gasteiger partial charge < -0.3 is 9.47 Å². The number of rotatable bonds is 0. The van der Waals surface area contributed by atoms with Gasteiger partial charge in [0, 0.05) is 37.7 Å². The van der Waals surface area contributed by atoms with Gasteiger partial charge in [-0.2, -0.15) is 0 Å². The SMILES string of the molecule is O=C1CCC(=O)O1.O=C1CCC(=O)O1.[Ar]. The molecule has 0 saturated carbocycles. The van der Waals surface area contributed by atoms with E-state index in [1.54, 1.807) is 0 Å². The Morgan fingerprint density at radius 2 is 0.800 bits per heavy atom. The normalized spacial score (nSPS) is 18.7. The zero-order valence-corrected chi connectivity index (χ0v) is 8.34. The second-order valence-electron chi connectivity index (χ2n) is 2.69. The smallest absolute Gasteiger partial charge is 0.314 e. The molecule has 0 amide bonds. The van der Waals surface area contributed by atoms with Crippen LogP contribution in [-0.2, 0) is 28.7 Å². The average molecular weight is 240 g/mol. The van der Waals surface area contributed by atoms with Crippen LogP contribution < -0.4 is 0 Å². The third-order valence-electron chi connectivity index (χ3n) is 1.52. The van der Waals surface area contributed by atoms with Gasteiger partial charge in [-0.05, 0) is 0 Å². The van der Waals surface area contributed by atoms with Gasteiger partial charge in [-0.15, -0.1) is 0 Å². The summed E-state index contributed by atoms with van der Waals surface area (Å²) in [5, 5.41) is 0. The Bertz CT molecular complexity index is 240. The van der Waals surface area contributed by atoms with Crippen molar-refractivity contribution in [3.05, 3.63) is 0 Å². The molecule has 2 aliphatic heterocycles. The van der Waals surface area contributed by atoms with E-state index in [-0.39, 0.29) is 63.4 Å². The summed E-state index contributed by atoms with van der Waals surface area (Å²) in [5.41, 5.74) is 0. The van der Waals surface area contributed by atoms with E-state index in [9.17, 15) is 19.2 Å². The molecule has 0 aromatic heterocycles. The maximum atomic E-state index is 10.0. The van der Waals surface area contributed by atoms with E-state index in [0.717, 1.165) is 0 Å². The van der Waals surface area contributed by atoms with E-state index in [1.165, 1.54) is 0 Å². The van der Waals surface area contributed by atoms with E-state index in [2.05, 4.69) is 9.47 Å². The molecule has 0 spiro atoms. The first kappa shape index (κ1) is 14.5. The van der Waals surface area contributed by atoms with Gasteiger partial charge >= 0.3 is 23.9 Å². The van der Waals surface area contributed by atoms with Crippen LogP contribution in [0.3, 0.4) is 0 Å². The summed E-state index contributed by atoms with van der Waals surface area (Å²) in [6.45, 7) is 0. The minimum atomic E-state index is -0.398. The van der Waals surface area contributed by atoms with Gasteiger partial charge in [-0.3, -0.25) is 19.2 Å². The van der Waals surface area contributed by atoms with E-state index in [4.69, 9.17) is 0 Å². The van der Waals surface area contributed by atoms with Crippen LogP contribution in [-0.4, -0.2) is 23.9 Å². The van der Waals surface area contributed by atoms with E-state index >= 15 is 0 Å². The van der Waals surface area contributed by atoms with Gasteiger partial charge in [0.1, 0.15) is 0 Å². The predicted octanol–water partition coefficient (Wildman–Crippen LogP) is -0.300. The molecule has 0 bridgehead atoms. The van der Waals surface area contributed by atoms with E-state index < -0.39 is 23.9 Å². The molecule has 0 aliphatic carbocycles. The van der Waals surface area contributed by atoms with Crippen molar-refractivity contribution in [3.63, 3.8) is 0 Å². The van der Waals surface area contributed by atoms with Crippen LogP contribution in [0, 0.1) is 37.7 Å². The second-order valence-corrected chi connectivity index (χ2v) is 2.69.